The second kappa shape index (κ2) is 70.6. The van der Waals surface area contributed by atoms with Crippen LogP contribution in [0, 0.1) is 0 Å². The first-order chi connectivity index (χ1) is 43.7. The number of unbranched alkanes of at least 4 members (excludes halogenated alkanes) is 54. The van der Waals surface area contributed by atoms with Gasteiger partial charge in [0.15, 0.2) is 0 Å². The molecule has 0 saturated carbocycles. The molecule has 0 aromatic heterocycles. The van der Waals surface area contributed by atoms with Crippen molar-refractivity contribution >= 4 is 69.6 Å². The number of hydrogen-bond donors (Lipinski definition) is 0. The molecule has 0 aliphatic rings. The molecule has 0 saturated heterocycles. The summed E-state index contributed by atoms with van der Waals surface area (Å²) in [6.45, 7) is 18.2. The van der Waals surface area contributed by atoms with Crippen LogP contribution in [0.4, 0.5) is 0 Å². The Hall–Kier alpha value is 1.26. The van der Waals surface area contributed by atoms with Crippen LogP contribution in [0.25, 0.3) is 0 Å². The standard InChI is InChI=1S/6C12H25.2C4H8O2.2O.3Sn/c6*1-3-5-7-9-11-12-10-8-6-4-2;2*1-2-3-4(5)6;;;;;/h6*1,3-12H2,2H3;2*2-3H2,1H3,(H,5,6);;;;;/q;;;;;;;;;;;2*+1/p-2. The molecule has 0 spiro atoms. The van der Waals surface area contributed by atoms with E-state index in [1.807, 2.05) is 0 Å². The van der Waals surface area contributed by atoms with Gasteiger partial charge in [-0.15, -0.1) is 0 Å². The van der Waals surface area contributed by atoms with Crippen LogP contribution in [-0.2, 0) is 18.6 Å². The van der Waals surface area contributed by atoms with Crippen LogP contribution in [0.2, 0.25) is 26.6 Å². The molecule has 532 valence electrons. The Kier molecular flexibility index (Phi) is 71.6. The van der Waals surface area contributed by atoms with Crippen LogP contribution in [0.15, 0.2) is 0 Å². The number of carbonyl (C=O) groups excluding carboxylic acids is 2. The van der Waals surface area contributed by atoms with Crippen LogP contribution in [-0.4, -0.2) is 69.6 Å². The van der Waals surface area contributed by atoms with E-state index in [2.05, 4.69) is 55.4 Å². The van der Waals surface area contributed by atoms with E-state index in [4.69, 9.17) is 8.97 Å². The molecule has 0 aliphatic carbocycles. The van der Waals surface area contributed by atoms with Gasteiger partial charge in [-0.1, -0.05) is 0 Å². The Morgan fingerprint density at radius 3 is 0.461 bits per heavy atom. The van der Waals surface area contributed by atoms with Gasteiger partial charge in [-0.2, -0.15) is 0 Å². The summed E-state index contributed by atoms with van der Waals surface area (Å²) in [6.07, 6.45) is 80.9. The van der Waals surface area contributed by atoms with Crippen molar-refractivity contribution in [2.45, 2.75) is 493 Å². The van der Waals surface area contributed by atoms with Gasteiger partial charge >= 0.3 is 581 Å². The van der Waals surface area contributed by atoms with E-state index in [-0.39, 0.29) is 11.9 Å². The zero-order valence-corrected chi connectivity index (χ0v) is 71.0. The van der Waals surface area contributed by atoms with Crippen molar-refractivity contribution in [2.75, 3.05) is 0 Å². The summed E-state index contributed by atoms with van der Waals surface area (Å²) in [5, 5.41) is 0. The summed E-state index contributed by atoms with van der Waals surface area (Å²) < 4.78 is 38.2. The minimum atomic E-state index is -4.36. The Bertz CT molecular complexity index is 1280. The first kappa shape index (κ1) is 90.3. The summed E-state index contributed by atoms with van der Waals surface area (Å²) >= 11 is -13.0. The van der Waals surface area contributed by atoms with Crippen molar-refractivity contribution < 1.29 is 18.6 Å². The molecule has 0 bridgehead atoms. The van der Waals surface area contributed by atoms with Crippen molar-refractivity contribution in [3.8, 4) is 0 Å². The molecule has 0 N–H and O–H groups in total. The molecule has 0 aliphatic heterocycles. The number of carbonyl (C=O) groups is 2. The second-order valence-electron chi connectivity index (χ2n) is 29.0. The van der Waals surface area contributed by atoms with E-state index in [0.717, 1.165) is 78.0 Å². The molecule has 6 nitrogen and oxygen atoms in total. The van der Waals surface area contributed by atoms with E-state index < -0.39 is 57.6 Å². The summed E-state index contributed by atoms with van der Waals surface area (Å²) in [5.41, 5.74) is 0. The molecule has 0 aromatic carbocycles. The average molecular weight is 1580 g/mol. The zero-order chi connectivity index (χ0) is 65.0. The normalized spacial score (nSPS) is 12.2. The predicted octanol–water partition coefficient (Wildman–Crippen LogP) is 29.6. The fourth-order valence-electron chi connectivity index (χ4n) is 13.9. The Morgan fingerprint density at radius 1 is 0.180 bits per heavy atom. The zero-order valence-electron chi connectivity index (χ0n) is 62.4. The van der Waals surface area contributed by atoms with Crippen LogP contribution in [0.5, 0.6) is 0 Å². The van der Waals surface area contributed by atoms with Crippen molar-refractivity contribution in [3.63, 3.8) is 0 Å². The Labute approximate surface area is 575 Å². The summed E-state index contributed by atoms with van der Waals surface area (Å²) in [5.74, 6) is 0.0285. The fraction of sp³-hybridized carbons (Fsp3) is 0.975. The van der Waals surface area contributed by atoms with Gasteiger partial charge < -0.3 is 0 Å². The van der Waals surface area contributed by atoms with Crippen LogP contribution >= 0.6 is 0 Å². The molecule has 0 rings (SSSR count). The molecule has 0 aromatic rings. The molecule has 0 unspecified atom stereocenters. The molecule has 89 heavy (non-hydrogen) atoms. The van der Waals surface area contributed by atoms with Crippen molar-refractivity contribution in [3.05, 3.63) is 0 Å². The molecular formula is C80H164O6Sn3. The van der Waals surface area contributed by atoms with Crippen molar-refractivity contribution in [1.82, 2.24) is 0 Å². The second-order valence-corrected chi connectivity index (χ2v) is 63.3. The van der Waals surface area contributed by atoms with Gasteiger partial charge in [0.05, 0.1) is 0 Å². The number of hydrogen-bond acceptors (Lipinski definition) is 6. The Morgan fingerprint density at radius 2 is 0.315 bits per heavy atom. The topological polar surface area (TPSA) is 71.1 Å². The van der Waals surface area contributed by atoms with Crippen LogP contribution in [0.1, 0.15) is 466 Å². The van der Waals surface area contributed by atoms with E-state index in [9.17, 15) is 9.59 Å². The van der Waals surface area contributed by atoms with Gasteiger partial charge in [-0.3, -0.25) is 0 Å². The summed E-state index contributed by atoms with van der Waals surface area (Å²) in [7, 11) is 0. The van der Waals surface area contributed by atoms with Gasteiger partial charge in [0.25, 0.3) is 0 Å². The van der Waals surface area contributed by atoms with E-state index >= 15 is 0 Å². The third-order valence-corrected chi connectivity index (χ3v) is 75.0. The molecule has 0 radical (unpaired) electrons. The van der Waals surface area contributed by atoms with Crippen molar-refractivity contribution in [2.24, 2.45) is 0 Å². The summed E-state index contributed by atoms with van der Waals surface area (Å²) in [6, 6.07) is 0. The van der Waals surface area contributed by atoms with Gasteiger partial charge in [-0.05, 0) is 0 Å². The van der Waals surface area contributed by atoms with E-state index in [1.165, 1.54) is 347 Å². The third-order valence-electron chi connectivity index (χ3n) is 19.7. The fourth-order valence-corrected chi connectivity index (χ4v) is 89.6. The van der Waals surface area contributed by atoms with E-state index in [1.54, 1.807) is 0 Å². The monoisotopic (exact) mass is 1580 g/mol. The van der Waals surface area contributed by atoms with Gasteiger partial charge in [0.1, 0.15) is 0 Å². The molecule has 0 fully saturated rings. The first-order valence-corrected chi connectivity index (χ1v) is 60.6. The van der Waals surface area contributed by atoms with Crippen LogP contribution in [0.3, 0.4) is 0 Å². The van der Waals surface area contributed by atoms with Gasteiger partial charge in [0.2, 0.25) is 0 Å². The minimum absolute atomic E-state index is 0.0143. The third kappa shape index (κ3) is 59.1. The average Bonchev–Trinajstić information content (AvgIpc) is 1.97. The predicted molar refractivity (Wildman–Crippen MR) is 401 cm³/mol. The molecule has 9 heteroatoms. The SMILES string of the molecule is CCCCCCCCCCC[CH2][Sn]([CH2]CCCCCCCCCCC)([O]C(=O)CCC)[O][Sn]([CH2]CCCCCCCCCCC)([CH2]CCCCCCCCCCC)[O][Sn]([CH2]CCCCCCCCCCC)([CH2]CCCCCCCCCCC)[O]C(=O)CCC. The van der Waals surface area contributed by atoms with Crippen molar-refractivity contribution in [1.29, 1.82) is 0 Å². The molecular weight excluding hydrogens is 1410 g/mol. The quantitative estimate of drug-likeness (QED) is 0.0446. The molecule has 0 heterocycles. The van der Waals surface area contributed by atoms with Gasteiger partial charge in [-0.25, -0.2) is 0 Å². The molecule has 0 atom stereocenters. The maximum absolute atomic E-state index is 14.6. The number of rotatable bonds is 76. The van der Waals surface area contributed by atoms with Gasteiger partial charge in [0, 0.05) is 0 Å². The van der Waals surface area contributed by atoms with Crippen LogP contribution < -0.4 is 0 Å². The Balaban J connectivity index is 7.91. The molecule has 0 amide bonds. The first-order valence-electron chi connectivity index (χ1n) is 41.5. The summed E-state index contributed by atoms with van der Waals surface area (Å²) in [4.78, 5) is 29.2. The van der Waals surface area contributed by atoms with E-state index in [0.29, 0.717) is 12.8 Å². The maximum atomic E-state index is 14.6.